The summed E-state index contributed by atoms with van der Waals surface area (Å²) in [6, 6.07) is 4.75. The van der Waals surface area contributed by atoms with Crippen molar-refractivity contribution in [3.63, 3.8) is 0 Å². The van der Waals surface area contributed by atoms with E-state index in [-0.39, 0.29) is 0 Å². The van der Waals surface area contributed by atoms with Crippen LogP contribution in [0.5, 0.6) is 0 Å². The summed E-state index contributed by atoms with van der Waals surface area (Å²) >= 11 is 3.39. The van der Waals surface area contributed by atoms with Crippen molar-refractivity contribution in [2.45, 2.75) is 52.0 Å². The molecule has 1 aromatic heterocycles. The number of halogens is 1. The van der Waals surface area contributed by atoms with Crippen molar-refractivity contribution < 1.29 is 4.42 Å². The molecule has 1 fully saturated rings. The number of hydrogen-bond donors (Lipinski definition) is 1. The van der Waals surface area contributed by atoms with Crippen molar-refractivity contribution in [3.8, 4) is 0 Å². The molecule has 1 aliphatic rings. The molecule has 1 saturated carbocycles. The van der Waals surface area contributed by atoms with Gasteiger partial charge in [0.1, 0.15) is 5.76 Å². The molecule has 0 spiro atoms. The van der Waals surface area contributed by atoms with Gasteiger partial charge >= 0.3 is 0 Å². The van der Waals surface area contributed by atoms with E-state index >= 15 is 0 Å². The first-order valence-corrected chi connectivity index (χ1v) is 7.39. The molecule has 1 aliphatic carbocycles. The molecule has 0 aromatic carbocycles. The summed E-state index contributed by atoms with van der Waals surface area (Å²) in [5.41, 5.74) is 0.340. The van der Waals surface area contributed by atoms with Gasteiger partial charge in [-0.25, -0.2) is 0 Å². The van der Waals surface area contributed by atoms with Gasteiger partial charge in [-0.1, -0.05) is 20.8 Å². The molecule has 3 heteroatoms. The smallest absolute Gasteiger partial charge is 0.169 e. The lowest BCUT2D eigenvalue weighted by Gasteiger charge is -2.53. The lowest BCUT2D eigenvalue weighted by atomic mass is 9.55. The van der Waals surface area contributed by atoms with E-state index in [2.05, 4.69) is 48.1 Å². The fraction of sp³-hybridized carbons (Fsp3) is 0.714. The van der Waals surface area contributed by atoms with Gasteiger partial charge in [-0.3, -0.25) is 0 Å². The summed E-state index contributed by atoms with van der Waals surface area (Å²) in [7, 11) is 0. The van der Waals surface area contributed by atoms with Crippen LogP contribution in [-0.2, 0) is 0 Å². The molecule has 2 rings (SSSR count). The summed E-state index contributed by atoms with van der Waals surface area (Å²) < 4.78 is 6.57. The highest BCUT2D eigenvalue weighted by molar-refractivity contribution is 9.10. The summed E-state index contributed by atoms with van der Waals surface area (Å²) in [6.07, 6.45) is 3.59. The molecule has 1 heterocycles. The zero-order valence-corrected chi connectivity index (χ0v) is 12.5. The van der Waals surface area contributed by atoms with Gasteiger partial charge in [-0.15, -0.1) is 0 Å². The SMILES string of the molecule is CCCNC1CC(c2ccc(Br)o2)C1(C)CC. The Balaban J connectivity index is 2.07. The summed E-state index contributed by atoms with van der Waals surface area (Å²) in [5, 5.41) is 3.66. The second-order valence-electron chi connectivity index (χ2n) is 5.30. The third kappa shape index (κ3) is 2.32. The Kier molecular flexibility index (Phi) is 3.99. The van der Waals surface area contributed by atoms with E-state index < -0.39 is 0 Å². The number of furan rings is 1. The molecule has 3 atom stereocenters. The average Bonchev–Trinajstić information content (AvgIpc) is 2.73. The molecule has 0 radical (unpaired) electrons. The molecular weight excluding hydrogens is 278 g/mol. The fourth-order valence-electron chi connectivity index (χ4n) is 2.94. The molecular formula is C14H22BrNO. The molecule has 0 bridgehead atoms. The Hall–Kier alpha value is -0.280. The van der Waals surface area contributed by atoms with Crippen LogP contribution in [0.1, 0.15) is 51.7 Å². The van der Waals surface area contributed by atoms with Crippen molar-refractivity contribution >= 4 is 15.9 Å². The van der Waals surface area contributed by atoms with Crippen LogP contribution in [-0.4, -0.2) is 12.6 Å². The predicted molar refractivity (Wildman–Crippen MR) is 74.2 cm³/mol. The Labute approximate surface area is 112 Å². The first-order valence-electron chi connectivity index (χ1n) is 6.60. The monoisotopic (exact) mass is 299 g/mol. The maximum Gasteiger partial charge on any atom is 0.169 e. The van der Waals surface area contributed by atoms with Crippen molar-refractivity contribution in [3.05, 3.63) is 22.6 Å². The number of nitrogens with one attached hydrogen (secondary N) is 1. The van der Waals surface area contributed by atoms with Gasteiger partial charge in [-0.05, 0) is 59.3 Å². The topological polar surface area (TPSA) is 25.2 Å². The zero-order valence-electron chi connectivity index (χ0n) is 10.9. The third-order valence-electron chi connectivity index (χ3n) is 4.40. The molecule has 1 N–H and O–H groups in total. The number of rotatable bonds is 5. The molecule has 0 aliphatic heterocycles. The molecule has 17 heavy (non-hydrogen) atoms. The van der Waals surface area contributed by atoms with E-state index in [1.54, 1.807) is 0 Å². The minimum absolute atomic E-state index is 0.340. The molecule has 0 amide bonds. The van der Waals surface area contributed by atoms with Gasteiger partial charge in [-0.2, -0.15) is 0 Å². The lowest BCUT2D eigenvalue weighted by molar-refractivity contribution is 0.0318. The van der Waals surface area contributed by atoms with Crippen LogP contribution in [0, 0.1) is 5.41 Å². The Bertz CT molecular complexity index is 376. The van der Waals surface area contributed by atoms with E-state index in [9.17, 15) is 0 Å². The van der Waals surface area contributed by atoms with E-state index in [4.69, 9.17) is 4.42 Å². The van der Waals surface area contributed by atoms with Crippen LogP contribution in [0.25, 0.3) is 0 Å². The molecule has 1 aromatic rings. The van der Waals surface area contributed by atoms with Crippen LogP contribution in [0.4, 0.5) is 0 Å². The first kappa shape index (κ1) is 13.2. The maximum atomic E-state index is 5.73. The van der Waals surface area contributed by atoms with E-state index in [1.807, 2.05) is 6.07 Å². The first-order chi connectivity index (χ1) is 8.11. The second-order valence-corrected chi connectivity index (χ2v) is 6.08. The minimum Gasteiger partial charge on any atom is -0.454 e. The van der Waals surface area contributed by atoms with Gasteiger partial charge in [0, 0.05) is 12.0 Å². The Morgan fingerprint density at radius 3 is 2.76 bits per heavy atom. The van der Waals surface area contributed by atoms with Crippen molar-refractivity contribution in [2.24, 2.45) is 5.41 Å². The van der Waals surface area contributed by atoms with Crippen LogP contribution in [0.2, 0.25) is 0 Å². The third-order valence-corrected chi connectivity index (χ3v) is 4.83. The highest BCUT2D eigenvalue weighted by atomic mass is 79.9. The highest BCUT2D eigenvalue weighted by Gasteiger charge is 2.51. The normalized spacial score (nSPS) is 32.5. The standard InChI is InChI=1S/C14H22BrNO/c1-4-8-16-12-9-10(14(12,3)5-2)11-6-7-13(15)17-11/h6-7,10,12,16H,4-5,8-9H2,1-3H3. The van der Waals surface area contributed by atoms with E-state index in [0.29, 0.717) is 17.4 Å². The van der Waals surface area contributed by atoms with Crippen LogP contribution >= 0.6 is 15.9 Å². The number of hydrogen-bond acceptors (Lipinski definition) is 2. The van der Waals surface area contributed by atoms with Gasteiger partial charge in [0.25, 0.3) is 0 Å². The van der Waals surface area contributed by atoms with Crippen molar-refractivity contribution in [1.82, 2.24) is 5.32 Å². The zero-order chi connectivity index (χ0) is 12.5. The molecule has 3 unspecified atom stereocenters. The quantitative estimate of drug-likeness (QED) is 0.876. The van der Waals surface area contributed by atoms with Crippen molar-refractivity contribution in [2.75, 3.05) is 6.54 Å². The summed E-state index contributed by atoms with van der Waals surface area (Å²) in [6.45, 7) is 8.00. The molecule has 2 nitrogen and oxygen atoms in total. The van der Waals surface area contributed by atoms with Crippen LogP contribution < -0.4 is 5.32 Å². The molecule has 96 valence electrons. The summed E-state index contributed by atoms with van der Waals surface area (Å²) in [5.74, 6) is 1.70. The average molecular weight is 300 g/mol. The van der Waals surface area contributed by atoms with Crippen molar-refractivity contribution in [1.29, 1.82) is 0 Å². The predicted octanol–water partition coefficient (Wildman–Crippen LogP) is 4.31. The van der Waals surface area contributed by atoms with E-state index in [0.717, 1.165) is 17.0 Å². The minimum atomic E-state index is 0.340. The largest absolute Gasteiger partial charge is 0.454 e. The van der Waals surface area contributed by atoms with Crippen LogP contribution in [0.15, 0.2) is 21.2 Å². The van der Waals surface area contributed by atoms with Gasteiger partial charge in [0.05, 0.1) is 0 Å². The van der Waals surface area contributed by atoms with Crippen LogP contribution in [0.3, 0.4) is 0 Å². The fourth-order valence-corrected chi connectivity index (χ4v) is 3.26. The maximum absolute atomic E-state index is 5.73. The van der Waals surface area contributed by atoms with Gasteiger partial charge in [0.2, 0.25) is 0 Å². The summed E-state index contributed by atoms with van der Waals surface area (Å²) in [4.78, 5) is 0. The second kappa shape index (κ2) is 5.15. The van der Waals surface area contributed by atoms with Gasteiger partial charge < -0.3 is 9.73 Å². The van der Waals surface area contributed by atoms with Gasteiger partial charge in [0.15, 0.2) is 4.67 Å². The lowest BCUT2D eigenvalue weighted by Crippen LogP contribution is -2.56. The highest BCUT2D eigenvalue weighted by Crippen LogP contribution is 2.55. The Morgan fingerprint density at radius 1 is 1.47 bits per heavy atom. The Morgan fingerprint density at radius 2 is 2.24 bits per heavy atom. The molecule has 0 saturated heterocycles. The van der Waals surface area contributed by atoms with E-state index in [1.165, 1.54) is 19.3 Å².